The van der Waals surface area contributed by atoms with Crippen molar-refractivity contribution in [3.05, 3.63) is 48.0 Å². The maximum atomic E-state index is 12.1. The lowest BCUT2D eigenvalue weighted by Gasteiger charge is -2.16. The van der Waals surface area contributed by atoms with Crippen LogP contribution in [0.3, 0.4) is 0 Å². The largest absolute Gasteiger partial charge is 0.394 e. The van der Waals surface area contributed by atoms with Crippen molar-refractivity contribution in [3.8, 4) is 0 Å². The van der Waals surface area contributed by atoms with Crippen LogP contribution in [0.1, 0.15) is 102 Å². The normalized spacial score (nSPS) is 12.3. The van der Waals surface area contributed by atoms with Crippen LogP contribution < -0.4 is 5.32 Å². The van der Waals surface area contributed by atoms with Crippen LogP contribution in [-0.4, -0.2) is 23.7 Å². The summed E-state index contributed by atoms with van der Waals surface area (Å²) in [6.07, 6.45) is 22.3. The average Bonchev–Trinajstić information content (AvgIpc) is 2.76. The lowest BCUT2D eigenvalue weighted by molar-refractivity contribution is -0.122. The first-order valence-corrected chi connectivity index (χ1v) is 12.4. The summed E-state index contributed by atoms with van der Waals surface area (Å²) in [5, 5.41) is 12.5. The van der Waals surface area contributed by atoms with Gasteiger partial charge in [-0.25, -0.2) is 0 Å². The van der Waals surface area contributed by atoms with Gasteiger partial charge in [-0.2, -0.15) is 0 Å². The molecule has 0 aliphatic rings. The molecule has 3 nitrogen and oxygen atoms in total. The summed E-state index contributed by atoms with van der Waals surface area (Å²) >= 11 is 0. The number of hydrogen-bond donors (Lipinski definition) is 2. The Morgan fingerprint density at radius 2 is 1.43 bits per heavy atom. The highest BCUT2D eigenvalue weighted by Crippen LogP contribution is 2.10. The van der Waals surface area contributed by atoms with Gasteiger partial charge in [-0.1, -0.05) is 101 Å². The van der Waals surface area contributed by atoms with Gasteiger partial charge >= 0.3 is 0 Å². The van der Waals surface area contributed by atoms with Crippen LogP contribution in [0.2, 0.25) is 0 Å². The zero-order valence-electron chi connectivity index (χ0n) is 19.3. The van der Waals surface area contributed by atoms with E-state index in [1.165, 1.54) is 70.6 Å². The van der Waals surface area contributed by atoms with E-state index in [0.29, 0.717) is 12.8 Å². The molecule has 0 bridgehead atoms. The van der Waals surface area contributed by atoms with Crippen molar-refractivity contribution in [3.63, 3.8) is 0 Å². The van der Waals surface area contributed by atoms with E-state index in [1.54, 1.807) is 0 Å². The number of carbonyl (C=O) groups is 1. The topological polar surface area (TPSA) is 49.3 Å². The van der Waals surface area contributed by atoms with E-state index >= 15 is 0 Å². The molecule has 0 spiro atoms. The van der Waals surface area contributed by atoms with Crippen LogP contribution in [0.5, 0.6) is 0 Å². The number of allylic oxidation sites excluding steroid dienone is 2. The zero-order chi connectivity index (χ0) is 21.7. The molecule has 1 amide bonds. The Morgan fingerprint density at radius 1 is 0.867 bits per heavy atom. The van der Waals surface area contributed by atoms with E-state index in [2.05, 4.69) is 24.4 Å². The van der Waals surface area contributed by atoms with E-state index < -0.39 is 0 Å². The number of aliphatic hydroxyl groups is 1. The number of amides is 1. The zero-order valence-corrected chi connectivity index (χ0v) is 19.3. The van der Waals surface area contributed by atoms with Crippen LogP contribution in [-0.2, 0) is 11.2 Å². The number of unbranched alkanes of at least 4 members (excludes halogenated alkanes) is 11. The highest BCUT2D eigenvalue weighted by molar-refractivity contribution is 5.76. The fourth-order valence-corrected chi connectivity index (χ4v) is 3.72. The summed E-state index contributed by atoms with van der Waals surface area (Å²) in [6, 6.07) is 9.80. The predicted molar refractivity (Wildman–Crippen MR) is 129 cm³/mol. The Bertz CT molecular complexity index is 541. The van der Waals surface area contributed by atoms with Crippen molar-refractivity contribution < 1.29 is 9.90 Å². The third-order valence-corrected chi connectivity index (χ3v) is 5.58. The minimum atomic E-state index is -0.192. The highest BCUT2D eigenvalue weighted by Gasteiger charge is 2.11. The summed E-state index contributed by atoms with van der Waals surface area (Å²) in [6.45, 7) is 2.24. The van der Waals surface area contributed by atoms with E-state index in [1.807, 2.05) is 30.3 Å². The fourth-order valence-electron chi connectivity index (χ4n) is 3.72. The fraction of sp³-hybridized carbons (Fsp3) is 0.667. The third-order valence-electron chi connectivity index (χ3n) is 5.58. The molecule has 2 N–H and O–H groups in total. The van der Waals surface area contributed by atoms with Gasteiger partial charge in [-0.3, -0.25) is 4.79 Å². The van der Waals surface area contributed by atoms with Gasteiger partial charge in [0.25, 0.3) is 0 Å². The second kappa shape index (κ2) is 19.4. The Hall–Kier alpha value is -1.61. The number of hydrogen-bond acceptors (Lipinski definition) is 2. The van der Waals surface area contributed by atoms with Gasteiger partial charge in [-0.15, -0.1) is 0 Å². The van der Waals surface area contributed by atoms with Gasteiger partial charge in [0.1, 0.15) is 0 Å². The molecule has 0 aliphatic carbocycles. The summed E-state index contributed by atoms with van der Waals surface area (Å²) in [5.74, 6) is 0.0580. The maximum absolute atomic E-state index is 12.1. The van der Waals surface area contributed by atoms with Gasteiger partial charge in [0.05, 0.1) is 12.6 Å². The third kappa shape index (κ3) is 15.3. The van der Waals surface area contributed by atoms with Crippen LogP contribution >= 0.6 is 0 Å². The number of rotatable bonds is 19. The van der Waals surface area contributed by atoms with Crippen molar-refractivity contribution in [2.24, 2.45) is 0 Å². The lowest BCUT2D eigenvalue weighted by atomic mass is 10.1. The van der Waals surface area contributed by atoms with Gasteiger partial charge in [0.15, 0.2) is 0 Å². The minimum Gasteiger partial charge on any atom is -0.394 e. The molecule has 0 aliphatic heterocycles. The smallest absolute Gasteiger partial charge is 0.220 e. The second-order valence-electron chi connectivity index (χ2n) is 8.47. The summed E-state index contributed by atoms with van der Waals surface area (Å²) in [5.41, 5.74) is 1.14. The first-order valence-electron chi connectivity index (χ1n) is 12.4. The van der Waals surface area contributed by atoms with Crippen LogP contribution in [0.4, 0.5) is 0 Å². The van der Waals surface area contributed by atoms with Crippen LogP contribution in [0, 0.1) is 0 Å². The van der Waals surface area contributed by atoms with Crippen molar-refractivity contribution >= 4 is 5.91 Å². The first kappa shape index (κ1) is 26.4. The Labute approximate surface area is 185 Å². The van der Waals surface area contributed by atoms with Crippen LogP contribution in [0.15, 0.2) is 42.5 Å². The Morgan fingerprint density at radius 3 is 2.03 bits per heavy atom. The van der Waals surface area contributed by atoms with E-state index in [0.717, 1.165) is 18.4 Å². The summed E-state index contributed by atoms with van der Waals surface area (Å²) < 4.78 is 0. The molecule has 1 aromatic carbocycles. The predicted octanol–water partition coefficient (Wildman–Crippen LogP) is 6.74. The average molecular weight is 416 g/mol. The number of nitrogens with one attached hydrogen (secondary N) is 1. The molecule has 170 valence electrons. The molecule has 0 radical (unpaired) electrons. The van der Waals surface area contributed by atoms with Crippen molar-refractivity contribution in [2.45, 2.75) is 109 Å². The van der Waals surface area contributed by atoms with Gasteiger partial charge in [0.2, 0.25) is 5.91 Å². The monoisotopic (exact) mass is 415 g/mol. The highest BCUT2D eigenvalue weighted by atomic mass is 16.3. The van der Waals surface area contributed by atoms with Crippen molar-refractivity contribution in [1.29, 1.82) is 0 Å². The number of benzene rings is 1. The molecule has 0 saturated heterocycles. The molecule has 30 heavy (non-hydrogen) atoms. The molecule has 0 heterocycles. The molecular weight excluding hydrogens is 370 g/mol. The molecule has 1 aromatic rings. The molecule has 1 rings (SSSR count). The van der Waals surface area contributed by atoms with E-state index in [-0.39, 0.29) is 18.6 Å². The summed E-state index contributed by atoms with van der Waals surface area (Å²) in [4.78, 5) is 12.1. The Balaban J connectivity index is 1.93. The maximum Gasteiger partial charge on any atom is 0.220 e. The molecule has 0 saturated carbocycles. The SMILES string of the molecule is CCCCCCCC/C=C\CCCCCCCC(=O)N[C@H](CO)Cc1ccccc1. The number of aliphatic hydroxyl groups excluding tert-OH is 1. The van der Waals surface area contributed by atoms with E-state index in [4.69, 9.17) is 0 Å². The van der Waals surface area contributed by atoms with E-state index in [9.17, 15) is 9.90 Å². The number of carbonyl (C=O) groups excluding carboxylic acids is 1. The molecule has 0 fully saturated rings. The standard InChI is InChI=1S/C27H45NO2/c1-2-3-4-5-6-7-8-9-10-11-12-13-14-15-19-22-27(30)28-26(24-29)23-25-20-17-16-18-21-25/h9-10,16-18,20-21,26,29H,2-8,11-15,19,22-24H2,1H3,(H,28,30)/b10-9-/t26-/m0/s1. The lowest BCUT2D eigenvalue weighted by Crippen LogP contribution is -2.38. The molecule has 3 heteroatoms. The Kier molecular flexibility index (Phi) is 17.1. The minimum absolute atomic E-state index is 0.0208. The van der Waals surface area contributed by atoms with Crippen molar-refractivity contribution in [2.75, 3.05) is 6.61 Å². The quantitative estimate of drug-likeness (QED) is 0.194. The van der Waals surface area contributed by atoms with Gasteiger partial charge in [-0.05, 0) is 44.1 Å². The molecular formula is C27H45NO2. The van der Waals surface area contributed by atoms with Crippen LogP contribution in [0.25, 0.3) is 0 Å². The molecule has 0 unspecified atom stereocenters. The second-order valence-corrected chi connectivity index (χ2v) is 8.47. The first-order chi connectivity index (χ1) is 14.8. The summed E-state index contributed by atoms with van der Waals surface area (Å²) in [7, 11) is 0. The van der Waals surface area contributed by atoms with Gasteiger partial charge in [0, 0.05) is 6.42 Å². The van der Waals surface area contributed by atoms with Gasteiger partial charge < -0.3 is 10.4 Å². The molecule has 0 aromatic heterocycles. The molecule has 1 atom stereocenters. The van der Waals surface area contributed by atoms with Crippen molar-refractivity contribution in [1.82, 2.24) is 5.32 Å².